The van der Waals surface area contributed by atoms with E-state index in [2.05, 4.69) is 33.0 Å². The Morgan fingerprint density at radius 2 is 2.06 bits per heavy atom. The van der Waals surface area contributed by atoms with Crippen molar-refractivity contribution >= 4 is 21.7 Å². The molecule has 3 nitrogen and oxygen atoms in total. The van der Waals surface area contributed by atoms with Crippen LogP contribution in [0.1, 0.15) is 18.4 Å². The topological polar surface area (TPSA) is 29.5 Å². The molecular formula is C13H16BrNO2. The van der Waals surface area contributed by atoms with Crippen LogP contribution >= 0.6 is 15.9 Å². The van der Waals surface area contributed by atoms with Crippen LogP contribution in [0.5, 0.6) is 5.75 Å². The molecule has 92 valence electrons. The van der Waals surface area contributed by atoms with Gasteiger partial charge in [-0.25, -0.2) is 0 Å². The summed E-state index contributed by atoms with van der Waals surface area (Å²) in [7, 11) is 1.66. The lowest BCUT2D eigenvalue weighted by atomic mass is 10.1. The number of benzene rings is 1. The minimum Gasteiger partial charge on any atom is -0.496 e. The number of carbonyl (C=O) groups is 1. The number of Topliss-reactive ketones (excluding diaryl/α,β-unsaturated/α-hetero) is 1. The number of hydrogen-bond acceptors (Lipinski definition) is 3. The number of carbonyl (C=O) groups excluding carboxylic acids is 1. The molecule has 0 unspecified atom stereocenters. The third kappa shape index (κ3) is 3.30. The number of likely N-dealkylation sites (tertiary alicyclic amines) is 1. The zero-order chi connectivity index (χ0) is 12.3. The van der Waals surface area contributed by atoms with E-state index < -0.39 is 0 Å². The van der Waals surface area contributed by atoms with Crippen LogP contribution in [0.25, 0.3) is 0 Å². The standard InChI is InChI=1S/C13H16BrNO2/c1-17-13-3-2-10(8-12(13)14)9-15-6-4-11(16)5-7-15/h2-3,8H,4-7,9H2,1H3. The molecule has 0 aromatic heterocycles. The third-order valence-corrected chi connectivity index (χ3v) is 3.66. The fourth-order valence-electron chi connectivity index (χ4n) is 2.03. The zero-order valence-electron chi connectivity index (χ0n) is 9.91. The van der Waals surface area contributed by atoms with Crippen LogP contribution in [0.3, 0.4) is 0 Å². The van der Waals surface area contributed by atoms with E-state index in [9.17, 15) is 4.79 Å². The summed E-state index contributed by atoms with van der Waals surface area (Å²) in [5, 5.41) is 0. The van der Waals surface area contributed by atoms with Gasteiger partial charge in [0.15, 0.2) is 0 Å². The number of ketones is 1. The summed E-state index contributed by atoms with van der Waals surface area (Å²) in [6, 6.07) is 6.11. The molecule has 4 heteroatoms. The number of nitrogens with zero attached hydrogens (tertiary/aromatic N) is 1. The molecule has 0 aliphatic carbocycles. The lowest BCUT2D eigenvalue weighted by molar-refractivity contribution is -0.121. The van der Waals surface area contributed by atoms with Crippen LogP contribution in [0.2, 0.25) is 0 Å². The molecule has 0 amide bonds. The van der Waals surface area contributed by atoms with Crippen LogP contribution in [-0.2, 0) is 11.3 Å². The molecule has 1 heterocycles. The second kappa shape index (κ2) is 5.65. The lowest BCUT2D eigenvalue weighted by Gasteiger charge is -2.25. The SMILES string of the molecule is COc1ccc(CN2CCC(=O)CC2)cc1Br. The highest BCUT2D eigenvalue weighted by atomic mass is 79.9. The molecule has 0 N–H and O–H groups in total. The molecule has 1 saturated heterocycles. The van der Waals surface area contributed by atoms with Gasteiger partial charge in [-0.05, 0) is 33.6 Å². The van der Waals surface area contributed by atoms with Crippen molar-refractivity contribution in [1.82, 2.24) is 4.90 Å². The molecule has 2 rings (SSSR count). The number of halogens is 1. The Morgan fingerprint density at radius 1 is 1.35 bits per heavy atom. The van der Waals surface area contributed by atoms with Crippen LogP contribution in [0, 0.1) is 0 Å². The van der Waals surface area contributed by atoms with E-state index in [1.807, 2.05) is 6.07 Å². The van der Waals surface area contributed by atoms with E-state index in [0.29, 0.717) is 18.6 Å². The molecule has 1 fully saturated rings. The molecule has 0 bridgehead atoms. The Bertz CT molecular complexity index is 410. The van der Waals surface area contributed by atoms with Crippen LogP contribution < -0.4 is 4.74 Å². The molecule has 0 saturated carbocycles. The van der Waals surface area contributed by atoms with Crippen LogP contribution in [0.15, 0.2) is 22.7 Å². The highest BCUT2D eigenvalue weighted by Gasteiger charge is 2.16. The van der Waals surface area contributed by atoms with E-state index in [1.165, 1.54) is 5.56 Å². The van der Waals surface area contributed by atoms with E-state index in [1.54, 1.807) is 7.11 Å². The van der Waals surface area contributed by atoms with Crippen molar-refractivity contribution < 1.29 is 9.53 Å². The number of ether oxygens (including phenoxy) is 1. The molecule has 1 aromatic rings. The van der Waals surface area contributed by atoms with Crippen LogP contribution in [-0.4, -0.2) is 30.9 Å². The van der Waals surface area contributed by atoms with Gasteiger partial charge in [0.05, 0.1) is 11.6 Å². The van der Waals surface area contributed by atoms with Gasteiger partial charge < -0.3 is 4.74 Å². The Hall–Kier alpha value is -0.870. The van der Waals surface area contributed by atoms with Gasteiger partial charge in [-0.1, -0.05) is 6.07 Å². The van der Waals surface area contributed by atoms with Crippen molar-refractivity contribution in [3.05, 3.63) is 28.2 Å². The fourth-order valence-corrected chi connectivity index (χ4v) is 2.62. The first-order chi connectivity index (χ1) is 8.19. The molecular weight excluding hydrogens is 282 g/mol. The third-order valence-electron chi connectivity index (χ3n) is 3.04. The summed E-state index contributed by atoms with van der Waals surface area (Å²) in [4.78, 5) is 13.5. The Labute approximate surface area is 110 Å². The average molecular weight is 298 g/mol. The summed E-state index contributed by atoms with van der Waals surface area (Å²) in [5.41, 5.74) is 1.24. The molecule has 0 atom stereocenters. The molecule has 1 aliphatic heterocycles. The summed E-state index contributed by atoms with van der Waals surface area (Å²) >= 11 is 3.48. The fraction of sp³-hybridized carbons (Fsp3) is 0.462. The van der Waals surface area contributed by atoms with Gasteiger partial charge in [-0.2, -0.15) is 0 Å². The monoisotopic (exact) mass is 297 g/mol. The second-order valence-corrected chi connectivity index (χ2v) is 5.14. The summed E-state index contributed by atoms with van der Waals surface area (Å²) in [6.45, 7) is 2.65. The molecule has 1 aliphatic rings. The van der Waals surface area contributed by atoms with Crippen molar-refractivity contribution in [2.24, 2.45) is 0 Å². The van der Waals surface area contributed by atoms with Crippen molar-refractivity contribution in [3.63, 3.8) is 0 Å². The van der Waals surface area contributed by atoms with E-state index in [-0.39, 0.29) is 0 Å². The number of piperidine rings is 1. The summed E-state index contributed by atoms with van der Waals surface area (Å²) < 4.78 is 6.18. The maximum atomic E-state index is 11.1. The van der Waals surface area contributed by atoms with Crippen molar-refractivity contribution in [3.8, 4) is 5.75 Å². The summed E-state index contributed by atoms with van der Waals surface area (Å²) in [6.07, 6.45) is 1.38. The van der Waals surface area contributed by atoms with Gasteiger partial charge >= 0.3 is 0 Å². The summed E-state index contributed by atoms with van der Waals surface area (Å²) in [5.74, 6) is 1.24. The average Bonchev–Trinajstić information content (AvgIpc) is 2.32. The normalized spacial score (nSPS) is 17.2. The first kappa shape index (κ1) is 12.6. The molecule has 0 radical (unpaired) electrons. The smallest absolute Gasteiger partial charge is 0.135 e. The highest BCUT2D eigenvalue weighted by Crippen LogP contribution is 2.26. The minimum atomic E-state index is 0.386. The van der Waals surface area contributed by atoms with Gasteiger partial charge in [-0.15, -0.1) is 0 Å². The molecule has 17 heavy (non-hydrogen) atoms. The van der Waals surface area contributed by atoms with Crippen molar-refractivity contribution in [2.45, 2.75) is 19.4 Å². The van der Waals surface area contributed by atoms with E-state index in [4.69, 9.17) is 4.74 Å². The number of rotatable bonds is 3. The molecule has 0 spiro atoms. The Kier molecular flexibility index (Phi) is 4.18. The maximum Gasteiger partial charge on any atom is 0.135 e. The van der Waals surface area contributed by atoms with E-state index >= 15 is 0 Å². The van der Waals surface area contributed by atoms with Gasteiger partial charge in [0.25, 0.3) is 0 Å². The van der Waals surface area contributed by atoms with E-state index in [0.717, 1.165) is 29.9 Å². The first-order valence-corrected chi connectivity index (χ1v) is 6.55. The second-order valence-electron chi connectivity index (χ2n) is 4.28. The van der Waals surface area contributed by atoms with Crippen molar-refractivity contribution in [1.29, 1.82) is 0 Å². The quantitative estimate of drug-likeness (QED) is 0.859. The predicted octanol–water partition coefficient (Wildman–Crippen LogP) is 2.62. The largest absolute Gasteiger partial charge is 0.496 e. The highest BCUT2D eigenvalue weighted by molar-refractivity contribution is 9.10. The minimum absolute atomic E-state index is 0.386. The number of hydrogen-bond donors (Lipinski definition) is 0. The van der Waals surface area contributed by atoms with Crippen molar-refractivity contribution in [2.75, 3.05) is 20.2 Å². The zero-order valence-corrected chi connectivity index (χ0v) is 11.5. The maximum absolute atomic E-state index is 11.1. The Balaban J connectivity index is 1.99. The molecule has 1 aromatic carbocycles. The predicted molar refractivity (Wildman–Crippen MR) is 70.2 cm³/mol. The van der Waals surface area contributed by atoms with Gasteiger partial charge in [0, 0.05) is 32.5 Å². The first-order valence-electron chi connectivity index (χ1n) is 5.75. The van der Waals surface area contributed by atoms with Gasteiger partial charge in [-0.3, -0.25) is 9.69 Å². The lowest BCUT2D eigenvalue weighted by Crippen LogP contribution is -2.33. The number of methoxy groups -OCH3 is 1. The van der Waals surface area contributed by atoms with Gasteiger partial charge in [0.1, 0.15) is 11.5 Å². The van der Waals surface area contributed by atoms with Crippen LogP contribution in [0.4, 0.5) is 0 Å². The Morgan fingerprint density at radius 3 is 2.65 bits per heavy atom. The van der Waals surface area contributed by atoms with Gasteiger partial charge in [0.2, 0.25) is 0 Å².